The van der Waals surface area contributed by atoms with E-state index in [9.17, 15) is 4.79 Å². The second-order valence-corrected chi connectivity index (χ2v) is 5.79. The van der Waals surface area contributed by atoms with Gasteiger partial charge in [-0.05, 0) is 38.0 Å². The molecule has 0 aromatic heterocycles. The summed E-state index contributed by atoms with van der Waals surface area (Å²) in [5, 5.41) is 0. The molecule has 0 N–H and O–H groups in total. The van der Waals surface area contributed by atoms with Crippen molar-refractivity contribution < 1.29 is 14.3 Å². The Morgan fingerprint density at radius 1 is 1.25 bits per heavy atom. The van der Waals surface area contributed by atoms with Crippen LogP contribution in [0, 0.1) is 0 Å². The molecule has 0 spiro atoms. The Hall–Kier alpha value is -2.09. The van der Waals surface area contributed by atoms with Gasteiger partial charge in [0.25, 0.3) is 0 Å². The Bertz CT molecular complexity index is 591. The molecule has 3 heteroatoms. The molecule has 0 aliphatic carbocycles. The molecule has 0 heterocycles. The fourth-order valence-electron chi connectivity index (χ4n) is 2.10. The van der Waals surface area contributed by atoms with Crippen LogP contribution in [0.3, 0.4) is 0 Å². The fourth-order valence-corrected chi connectivity index (χ4v) is 2.10. The molecule has 1 aromatic carbocycles. The summed E-state index contributed by atoms with van der Waals surface area (Å²) in [6, 6.07) is 9.85. The predicted octanol–water partition coefficient (Wildman–Crippen LogP) is 4.94. The maximum absolute atomic E-state index is 12.6. The van der Waals surface area contributed by atoms with E-state index in [-0.39, 0.29) is 11.9 Å². The summed E-state index contributed by atoms with van der Waals surface area (Å²) < 4.78 is 11.0. The standard InChI is InChI=1S/C21H28O3/c1-5-6-14-20(22)19(13-10-15-23-4)21(24-17(2)3)16-18-11-8-7-9-12-18/h7-12,16-17H,5-6,14-15H2,1-4H3/b21-16+. The Morgan fingerprint density at radius 2 is 1.96 bits per heavy atom. The van der Waals surface area contributed by atoms with Gasteiger partial charge in [0.05, 0.1) is 12.7 Å². The van der Waals surface area contributed by atoms with Gasteiger partial charge in [-0.25, -0.2) is 0 Å². The van der Waals surface area contributed by atoms with Crippen LogP contribution in [0.15, 0.2) is 53.5 Å². The van der Waals surface area contributed by atoms with Gasteiger partial charge in [-0.1, -0.05) is 43.7 Å². The van der Waals surface area contributed by atoms with E-state index in [4.69, 9.17) is 9.47 Å². The zero-order chi connectivity index (χ0) is 17.8. The zero-order valence-corrected chi connectivity index (χ0v) is 15.2. The van der Waals surface area contributed by atoms with E-state index < -0.39 is 0 Å². The third-order valence-electron chi connectivity index (χ3n) is 3.24. The number of benzene rings is 1. The van der Waals surface area contributed by atoms with Crippen molar-refractivity contribution in [1.82, 2.24) is 0 Å². The molecule has 3 nitrogen and oxygen atoms in total. The first-order chi connectivity index (χ1) is 11.6. The third-order valence-corrected chi connectivity index (χ3v) is 3.24. The summed E-state index contributed by atoms with van der Waals surface area (Å²) in [6.07, 6.45) is 5.91. The highest BCUT2D eigenvalue weighted by atomic mass is 16.5. The van der Waals surface area contributed by atoms with Crippen LogP contribution in [0.25, 0.3) is 6.08 Å². The van der Waals surface area contributed by atoms with E-state index in [0.717, 1.165) is 18.4 Å². The zero-order valence-electron chi connectivity index (χ0n) is 15.2. The molecule has 0 saturated heterocycles. The average molecular weight is 328 g/mol. The molecular formula is C21H28O3. The molecule has 1 rings (SSSR count). The van der Waals surface area contributed by atoms with E-state index >= 15 is 0 Å². The maximum atomic E-state index is 12.6. The normalized spacial score (nSPS) is 11.1. The van der Waals surface area contributed by atoms with Gasteiger partial charge in [0, 0.05) is 13.5 Å². The lowest BCUT2D eigenvalue weighted by Crippen LogP contribution is -2.11. The summed E-state index contributed by atoms with van der Waals surface area (Å²) in [4.78, 5) is 12.6. The summed E-state index contributed by atoms with van der Waals surface area (Å²) in [5.41, 5.74) is 4.55. The van der Waals surface area contributed by atoms with Gasteiger partial charge in [-0.2, -0.15) is 0 Å². The van der Waals surface area contributed by atoms with Crippen molar-refractivity contribution in [2.75, 3.05) is 13.7 Å². The molecule has 0 aliphatic rings. The quantitative estimate of drug-likeness (QED) is 0.264. The van der Waals surface area contributed by atoms with E-state index in [0.29, 0.717) is 24.4 Å². The van der Waals surface area contributed by atoms with Crippen molar-refractivity contribution in [3.63, 3.8) is 0 Å². The Balaban J connectivity index is 3.26. The van der Waals surface area contributed by atoms with Crippen molar-refractivity contribution in [2.45, 2.75) is 46.1 Å². The van der Waals surface area contributed by atoms with Gasteiger partial charge in [0.1, 0.15) is 11.3 Å². The summed E-state index contributed by atoms with van der Waals surface area (Å²) in [6.45, 7) is 6.38. The summed E-state index contributed by atoms with van der Waals surface area (Å²) in [5.74, 6) is 0.608. The van der Waals surface area contributed by atoms with Crippen LogP contribution in [-0.4, -0.2) is 25.6 Å². The lowest BCUT2D eigenvalue weighted by atomic mass is 10.0. The number of rotatable bonds is 10. The number of carbonyl (C=O) groups is 1. The number of ether oxygens (including phenoxy) is 2. The van der Waals surface area contributed by atoms with Gasteiger partial charge in [-0.15, -0.1) is 5.73 Å². The lowest BCUT2D eigenvalue weighted by Gasteiger charge is -2.15. The van der Waals surface area contributed by atoms with Crippen molar-refractivity contribution in [3.8, 4) is 0 Å². The van der Waals surface area contributed by atoms with Crippen molar-refractivity contribution in [3.05, 3.63) is 59.0 Å². The Kier molecular flexibility index (Phi) is 9.52. The molecule has 0 radical (unpaired) electrons. The largest absolute Gasteiger partial charge is 0.490 e. The first kappa shape index (κ1) is 20.0. The SMILES string of the molecule is CCCCC(=O)C(=C=CCOC)/C(=C\c1ccccc1)OC(C)C. The number of hydrogen-bond donors (Lipinski definition) is 0. The maximum Gasteiger partial charge on any atom is 0.174 e. The highest BCUT2D eigenvalue weighted by Gasteiger charge is 2.16. The van der Waals surface area contributed by atoms with Gasteiger partial charge in [-0.3, -0.25) is 4.79 Å². The highest BCUT2D eigenvalue weighted by Crippen LogP contribution is 2.20. The molecule has 1 aromatic rings. The molecular weight excluding hydrogens is 300 g/mol. The molecule has 0 amide bonds. The van der Waals surface area contributed by atoms with E-state index in [1.165, 1.54) is 0 Å². The monoisotopic (exact) mass is 328 g/mol. The van der Waals surface area contributed by atoms with Gasteiger partial charge in [0.2, 0.25) is 0 Å². The number of allylic oxidation sites excluding steroid dienone is 1. The summed E-state index contributed by atoms with van der Waals surface area (Å²) >= 11 is 0. The number of carbonyl (C=O) groups excluding carboxylic acids is 1. The minimum Gasteiger partial charge on any atom is -0.490 e. The number of methoxy groups -OCH3 is 1. The Labute approximate surface area is 145 Å². The molecule has 24 heavy (non-hydrogen) atoms. The molecule has 0 bridgehead atoms. The summed E-state index contributed by atoms with van der Waals surface area (Å²) in [7, 11) is 1.61. The fraction of sp³-hybridized carbons (Fsp3) is 0.429. The smallest absolute Gasteiger partial charge is 0.174 e. The number of ketones is 1. The van der Waals surface area contributed by atoms with Gasteiger partial charge in [0.15, 0.2) is 5.78 Å². The van der Waals surface area contributed by atoms with Crippen LogP contribution in [0.4, 0.5) is 0 Å². The van der Waals surface area contributed by atoms with Crippen LogP contribution >= 0.6 is 0 Å². The molecule has 0 fully saturated rings. The van der Waals surface area contributed by atoms with Crippen LogP contribution in [0.5, 0.6) is 0 Å². The van der Waals surface area contributed by atoms with Gasteiger partial charge < -0.3 is 9.47 Å². The Morgan fingerprint density at radius 3 is 2.54 bits per heavy atom. The van der Waals surface area contributed by atoms with Gasteiger partial charge >= 0.3 is 0 Å². The lowest BCUT2D eigenvalue weighted by molar-refractivity contribution is -0.115. The van der Waals surface area contributed by atoms with Crippen molar-refractivity contribution in [1.29, 1.82) is 0 Å². The van der Waals surface area contributed by atoms with Crippen molar-refractivity contribution in [2.24, 2.45) is 0 Å². The second kappa shape index (κ2) is 11.4. The van der Waals surface area contributed by atoms with Crippen molar-refractivity contribution >= 4 is 11.9 Å². The first-order valence-corrected chi connectivity index (χ1v) is 8.49. The van der Waals surface area contributed by atoms with E-state index in [2.05, 4.69) is 12.7 Å². The third kappa shape index (κ3) is 7.45. The van der Waals surface area contributed by atoms with Crippen LogP contribution in [0.1, 0.15) is 45.6 Å². The van der Waals surface area contributed by atoms with E-state index in [1.54, 1.807) is 13.2 Å². The molecule has 0 unspecified atom stereocenters. The second-order valence-electron chi connectivity index (χ2n) is 5.79. The minimum atomic E-state index is -0.0295. The van der Waals surface area contributed by atoms with Crippen LogP contribution in [0.2, 0.25) is 0 Å². The predicted molar refractivity (Wildman–Crippen MR) is 98.6 cm³/mol. The average Bonchev–Trinajstić information content (AvgIpc) is 2.56. The number of hydrogen-bond acceptors (Lipinski definition) is 3. The minimum absolute atomic E-state index is 0.0295. The topological polar surface area (TPSA) is 35.5 Å². The highest BCUT2D eigenvalue weighted by molar-refractivity contribution is 5.99. The molecule has 0 atom stereocenters. The first-order valence-electron chi connectivity index (χ1n) is 8.49. The molecule has 130 valence electrons. The number of Topliss-reactive ketones (excluding diaryl/α,β-unsaturated/α-hetero) is 1. The van der Waals surface area contributed by atoms with E-state index in [1.807, 2.05) is 50.3 Å². The molecule has 0 aliphatic heterocycles. The van der Waals surface area contributed by atoms with Crippen LogP contribution in [-0.2, 0) is 14.3 Å². The molecule has 0 saturated carbocycles. The number of unbranched alkanes of at least 4 members (excludes halogenated alkanes) is 1. The van der Waals surface area contributed by atoms with Crippen LogP contribution < -0.4 is 0 Å².